The highest BCUT2D eigenvalue weighted by Gasteiger charge is 2.32. The minimum Gasteiger partial charge on any atom is -0.493 e. The second-order valence-corrected chi connectivity index (χ2v) is 7.53. The number of nitrogens with zero attached hydrogens (tertiary/aromatic N) is 1. The number of hydrogen-bond acceptors (Lipinski definition) is 5. The second-order valence-electron chi connectivity index (χ2n) is 7.53. The smallest absolute Gasteiger partial charge is 0.262 e. The van der Waals surface area contributed by atoms with Crippen molar-refractivity contribution in [3.05, 3.63) is 53.6 Å². The number of nitrogens with one attached hydrogen (secondary N) is 1. The number of hydrogen-bond donors (Lipinski definition) is 1. The first-order valence-corrected chi connectivity index (χ1v) is 10.4. The number of anilines is 1. The number of rotatable bonds is 5. The molecule has 2 aliphatic rings. The van der Waals surface area contributed by atoms with E-state index >= 15 is 0 Å². The Morgan fingerprint density at radius 2 is 2.03 bits per heavy atom. The SMILES string of the molecule is CCOc1cc2c(cc1/C=C/C(=O)N1C[C@H](C(=O)NC)Oc3ccccc31)O[C@H](C)C2. The van der Waals surface area contributed by atoms with Crippen LogP contribution in [0.2, 0.25) is 0 Å². The Labute approximate surface area is 181 Å². The van der Waals surface area contributed by atoms with E-state index in [0.717, 1.165) is 23.3 Å². The van der Waals surface area contributed by atoms with Crippen LogP contribution in [-0.4, -0.2) is 44.2 Å². The summed E-state index contributed by atoms with van der Waals surface area (Å²) in [5.41, 5.74) is 2.51. The van der Waals surface area contributed by atoms with Crippen molar-refractivity contribution in [2.24, 2.45) is 0 Å². The molecule has 2 aromatic rings. The highest BCUT2D eigenvalue weighted by Crippen LogP contribution is 2.36. The average Bonchev–Trinajstić information content (AvgIpc) is 3.14. The van der Waals surface area contributed by atoms with Gasteiger partial charge in [0.05, 0.1) is 18.8 Å². The first-order valence-electron chi connectivity index (χ1n) is 10.4. The number of carbonyl (C=O) groups excluding carboxylic acids is 2. The van der Waals surface area contributed by atoms with Gasteiger partial charge in [-0.25, -0.2) is 0 Å². The lowest BCUT2D eigenvalue weighted by Crippen LogP contribution is -2.49. The summed E-state index contributed by atoms with van der Waals surface area (Å²) < 4.78 is 17.4. The topological polar surface area (TPSA) is 77.1 Å². The number of amides is 2. The Morgan fingerprint density at radius 1 is 1.23 bits per heavy atom. The molecule has 162 valence electrons. The number of carbonyl (C=O) groups is 2. The van der Waals surface area contributed by atoms with Crippen LogP contribution in [0.5, 0.6) is 17.2 Å². The lowest BCUT2D eigenvalue weighted by molar-refractivity contribution is -0.127. The maximum atomic E-state index is 13.1. The van der Waals surface area contributed by atoms with Crippen LogP contribution in [0.4, 0.5) is 5.69 Å². The number of benzene rings is 2. The molecule has 2 aromatic carbocycles. The molecule has 0 aliphatic carbocycles. The van der Waals surface area contributed by atoms with E-state index < -0.39 is 6.10 Å². The van der Waals surface area contributed by atoms with Crippen LogP contribution in [0, 0.1) is 0 Å². The van der Waals surface area contributed by atoms with Gasteiger partial charge in [-0.2, -0.15) is 0 Å². The highest BCUT2D eigenvalue weighted by molar-refractivity contribution is 6.06. The van der Waals surface area contributed by atoms with Gasteiger partial charge in [0.1, 0.15) is 23.4 Å². The first kappa shape index (κ1) is 20.8. The molecule has 2 atom stereocenters. The molecule has 1 N–H and O–H groups in total. The van der Waals surface area contributed by atoms with E-state index in [1.807, 2.05) is 38.1 Å². The number of likely N-dealkylation sites (N-methyl/N-ethyl adjacent to an activating group) is 1. The van der Waals surface area contributed by atoms with E-state index in [1.54, 1.807) is 30.2 Å². The Balaban J connectivity index is 1.62. The molecule has 0 bridgehead atoms. The third-order valence-electron chi connectivity index (χ3n) is 5.31. The fourth-order valence-corrected chi connectivity index (χ4v) is 3.86. The quantitative estimate of drug-likeness (QED) is 0.750. The van der Waals surface area contributed by atoms with E-state index in [-0.39, 0.29) is 24.5 Å². The zero-order valence-corrected chi connectivity index (χ0v) is 17.9. The molecule has 2 aliphatic heterocycles. The average molecular weight is 422 g/mol. The minimum absolute atomic E-state index is 0.122. The molecule has 4 rings (SSSR count). The molecule has 7 heteroatoms. The molecule has 31 heavy (non-hydrogen) atoms. The van der Waals surface area contributed by atoms with Gasteiger partial charge in [0.25, 0.3) is 11.8 Å². The molecule has 0 aromatic heterocycles. The molecule has 2 heterocycles. The summed E-state index contributed by atoms with van der Waals surface area (Å²) in [6.07, 6.45) is 3.41. The Kier molecular flexibility index (Phi) is 5.84. The first-order chi connectivity index (χ1) is 15.0. The van der Waals surface area contributed by atoms with Gasteiger partial charge in [-0.3, -0.25) is 9.59 Å². The maximum absolute atomic E-state index is 13.1. The summed E-state index contributed by atoms with van der Waals surface area (Å²) in [5, 5.41) is 2.58. The number of para-hydroxylation sites is 2. The van der Waals surface area contributed by atoms with Crippen molar-refractivity contribution in [2.75, 3.05) is 25.1 Å². The van der Waals surface area contributed by atoms with Crippen molar-refractivity contribution in [2.45, 2.75) is 32.5 Å². The van der Waals surface area contributed by atoms with Crippen molar-refractivity contribution >= 4 is 23.6 Å². The molecule has 0 radical (unpaired) electrons. The molecule has 0 unspecified atom stereocenters. The van der Waals surface area contributed by atoms with Crippen molar-refractivity contribution in [3.8, 4) is 17.2 Å². The molecular formula is C24H26N2O5. The van der Waals surface area contributed by atoms with Crippen LogP contribution in [0.3, 0.4) is 0 Å². The van der Waals surface area contributed by atoms with E-state index in [0.29, 0.717) is 23.8 Å². The van der Waals surface area contributed by atoms with E-state index in [2.05, 4.69) is 5.32 Å². The lowest BCUT2D eigenvalue weighted by Gasteiger charge is -2.33. The van der Waals surface area contributed by atoms with Gasteiger partial charge in [-0.1, -0.05) is 12.1 Å². The van der Waals surface area contributed by atoms with Crippen LogP contribution in [0.25, 0.3) is 6.08 Å². The molecule has 0 spiro atoms. The summed E-state index contributed by atoms with van der Waals surface area (Å²) in [5.74, 6) is 1.51. The summed E-state index contributed by atoms with van der Waals surface area (Å²) in [4.78, 5) is 26.8. The van der Waals surface area contributed by atoms with Crippen molar-refractivity contribution < 1.29 is 23.8 Å². The van der Waals surface area contributed by atoms with Crippen LogP contribution in [0.1, 0.15) is 25.0 Å². The van der Waals surface area contributed by atoms with Gasteiger partial charge < -0.3 is 24.4 Å². The van der Waals surface area contributed by atoms with Gasteiger partial charge in [-0.15, -0.1) is 0 Å². The largest absolute Gasteiger partial charge is 0.493 e. The van der Waals surface area contributed by atoms with Crippen molar-refractivity contribution in [3.63, 3.8) is 0 Å². The zero-order valence-electron chi connectivity index (χ0n) is 17.9. The Morgan fingerprint density at radius 3 is 2.81 bits per heavy atom. The van der Waals surface area contributed by atoms with Gasteiger partial charge in [0, 0.05) is 30.7 Å². The fourth-order valence-electron chi connectivity index (χ4n) is 3.86. The summed E-state index contributed by atoms with van der Waals surface area (Å²) >= 11 is 0. The predicted molar refractivity (Wildman–Crippen MR) is 118 cm³/mol. The van der Waals surface area contributed by atoms with Gasteiger partial charge in [0.2, 0.25) is 0 Å². The standard InChI is InChI=1S/C24H26N2O5/c1-4-29-20-13-17-11-15(2)30-21(17)12-16(20)9-10-23(27)26-14-22(24(28)25-3)31-19-8-6-5-7-18(19)26/h5-10,12-13,15,22H,4,11,14H2,1-3H3,(H,25,28)/b10-9+/t15-,22-/m1/s1. The zero-order chi connectivity index (χ0) is 22.0. The monoisotopic (exact) mass is 422 g/mol. The van der Waals surface area contributed by atoms with E-state index in [9.17, 15) is 9.59 Å². The third-order valence-corrected chi connectivity index (χ3v) is 5.31. The van der Waals surface area contributed by atoms with Crippen molar-refractivity contribution in [1.82, 2.24) is 5.32 Å². The molecule has 0 saturated carbocycles. The number of fused-ring (bicyclic) bond motifs is 2. The summed E-state index contributed by atoms with van der Waals surface area (Å²) in [7, 11) is 1.55. The molecule has 2 amide bonds. The molecular weight excluding hydrogens is 396 g/mol. The van der Waals surface area contributed by atoms with E-state index in [4.69, 9.17) is 14.2 Å². The minimum atomic E-state index is -0.772. The fraction of sp³-hybridized carbons (Fsp3) is 0.333. The highest BCUT2D eigenvalue weighted by atomic mass is 16.5. The van der Waals surface area contributed by atoms with E-state index in [1.165, 1.54) is 6.08 Å². The number of ether oxygens (including phenoxy) is 3. The summed E-state index contributed by atoms with van der Waals surface area (Å²) in [6, 6.07) is 11.1. The maximum Gasteiger partial charge on any atom is 0.262 e. The Bertz CT molecular complexity index is 1030. The Hall–Kier alpha value is -3.48. The van der Waals surface area contributed by atoms with Crippen LogP contribution < -0.4 is 24.4 Å². The van der Waals surface area contributed by atoms with Gasteiger partial charge in [0.15, 0.2) is 6.10 Å². The molecule has 7 nitrogen and oxygen atoms in total. The van der Waals surface area contributed by atoms with Crippen LogP contribution in [-0.2, 0) is 16.0 Å². The third kappa shape index (κ3) is 4.21. The van der Waals surface area contributed by atoms with Gasteiger partial charge in [-0.05, 0) is 44.2 Å². The van der Waals surface area contributed by atoms with Crippen LogP contribution >= 0.6 is 0 Å². The summed E-state index contributed by atoms with van der Waals surface area (Å²) in [6.45, 7) is 4.60. The lowest BCUT2D eigenvalue weighted by atomic mass is 10.1. The predicted octanol–water partition coefficient (Wildman–Crippen LogP) is 2.96. The second kappa shape index (κ2) is 8.71. The molecule has 0 saturated heterocycles. The van der Waals surface area contributed by atoms with Gasteiger partial charge >= 0.3 is 0 Å². The molecule has 0 fully saturated rings. The van der Waals surface area contributed by atoms with Crippen molar-refractivity contribution in [1.29, 1.82) is 0 Å². The van der Waals surface area contributed by atoms with Crippen LogP contribution in [0.15, 0.2) is 42.5 Å². The normalized spacial score (nSPS) is 19.3.